The van der Waals surface area contributed by atoms with Crippen LogP contribution in [-0.4, -0.2) is 59.3 Å². The van der Waals surface area contributed by atoms with Gasteiger partial charge >= 0.3 is 11.9 Å². The van der Waals surface area contributed by atoms with Crippen LogP contribution in [-0.2, 0) is 23.9 Å². The number of amides is 2. The minimum Gasteiger partial charge on any atom is -0.480 e. The smallest absolute Gasteiger partial charge is 0.328 e. The Bertz CT molecular complexity index is 772. The molecule has 0 aliphatic rings. The lowest BCUT2D eigenvalue weighted by Gasteiger charge is -2.18. The Morgan fingerprint density at radius 3 is 1.75 bits per heavy atom. The van der Waals surface area contributed by atoms with Crippen LogP contribution in [0, 0.1) is 0 Å². The van der Waals surface area contributed by atoms with Gasteiger partial charge in [0.05, 0.1) is 13.2 Å². The number of aliphatic hydroxyl groups is 1. The molecular weight excluding hydrogens is 560 g/mol. The molecule has 0 heterocycles. The van der Waals surface area contributed by atoms with E-state index in [0.717, 1.165) is 64.2 Å². The van der Waals surface area contributed by atoms with Crippen molar-refractivity contribution in [2.24, 2.45) is 0 Å². The average molecular weight is 625 g/mol. The predicted octanol–water partition coefficient (Wildman–Crippen LogP) is 7.14. The van der Waals surface area contributed by atoms with Crippen molar-refractivity contribution in [3.63, 3.8) is 0 Å². The fourth-order valence-corrected chi connectivity index (χ4v) is 5.00. The largest absolute Gasteiger partial charge is 0.480 e. The summed E-state index contributed by atoms with van der Waals surface area (Å²) in [6, 6.07) is -1.38. The van der Waals surface area contributed by atoms with Gasteiger partial charge < -0.3 is 25.6 Å². The number of nitrogens with one attached hydrogen (secondary N) is 2. The molecule has 256 valence electrons. The Morgan fingerprint density at radius 2 is 1.16 bits per heavy atom. The van der Waals surface area contributed by atoms with E-state index < -0.39 is 24.5 Å². The molecule has 0 bridgehead atoms. The number of rotatable bonds is 31. The van der Waals surface area contributed by atoms with Crippen molar-refractivity contribution in [2.75, 3.05) is 13.2 Å². The van der Waals surface area contributed by atoms with Crippen LogP contribution in [0.3, 0.4) is 0 Å². The fraction of sp³-hybridized carbons (Fsp3) is 0.829. The molecular formula is C35H64N2O7. The second-order valence-corrected chi connectivity index (χ2v) is 12.0. The fourth-order valence-electron chi connectivity index (χ4n) is 5.00. The van der Waals surface area contributed by atoms with Crippen molar-refractivity contribution >= 4 is 23.8 Å². The van der Waals surface area contributed by atoms with Gasteiger partial charge in [-0.25, -0.2) is 4.79 Å². The zero-order valence-electron chi connectivity index (χ0n) is 27.9. The van der Waals surface area contributed by atoms with Gasteiger partial charge in [0, 0.05) is 12.8 Å². The molecule has 0 aliphatic carbocycles. The van der Waals surface area contributed by atoms with E-state index in [9.17, 15) is 19.2 Å². The summed E-state index contributed by atoms with van der Waals surface area (Å²) < 4.78 is 5.90. The monoisotopic (exact) mass is 624 g/mol. The van der Waals surface area contributed by atoms with Crippen molar-refractivity contribution < 1.29 is 34.1 Å². The molecule has 0 aromatic rings. The average Bonchev–Trinajstić information content (AvgIpc) is 3.00. The number of ether oxygens (including phenoxy) is 1. The molecule has 0 rings (SSSR count). The normalized spacial score (nSPS) is 12.6. The molecule has 2 unspecified atom stereocenters. The number of hydrogen-bond acceptors (Lipinski definition) is 6. The lowest BCUT2D eigenvalue weighted by atomic mass is 10.0. The first-order valence-electron chi connectivity index (χ1n) is 17.6. The van der Waals surface area contributed by atoms with Crippen molar-refractivity contribution in [1.82, 2.24) is 10.6 Å². The van der Waals surface area contributed by atoms with Crippen LogP contribution in [0.2, 0.25) is 0 Å². The van der Waals surface area contributed by atoms with Gasteiger partial charge in [-0.1, -0.05) is 96.6 Å². The maximum atomic E-state index is 12.6. The minimum absolute atomic E-state index is 0.0383. The summed E-state index contributed by atoms with van der Waals surface area (Å²) in [5, 5.41) is 22.4. The first-order valence-corrected chi connectivity index (χ1v) is 17.6. The van der Waals surface area contributed by atoms with Crippen LogP contribution in [0.15, 0.2) is 12.2 Å². The lowest BCUT2D eigenvalue weighted by molar-refractivity contribution is -0.150. The highest BCUT2D eigenvalue weighted by Crippen LogP contribution is 2.18. The van der Waals surface area contributed by atoms with Crippen LogP contribution in [0.1, 0.15) is 162 Å². The summed E-state index contributed by atoms with van der Waals surface area (Å²) in [7, 11) is 0. The number of carbonyl (C=O) groups excluding carboxylic acids is 3. The number of aliphatic hydroxyl groups excluding tert-OH is 1. The summed E-state index contributed by atoms with van der Waals surface area (Å²) in [6.45, 7) is 3.39. The molecule has 0 aromatic carbocycles. The van der Waals surface area contributed by atoms with E-state index >= 15 is 0 Å². The Hall–Kier alpha value is -2.42. The highest BCUT2D eigenvalue weighted by atomic mass is 16.5. The van der Waals surface area contributed by atoms with E-state index in [1.54, 1.807) is 0 Å². The number of hydrogen-bond donors (Lipinski definition) is 4. The highest BCUT2D eigenvalue weighted by Gasteiger charge is 2.19. The van der Waals surface area contributed by atoms with Crippen LogP contribution in [0.4, 0.5) is 0 Å². The van der Waals surface area contributed by atoms with Gasteiger partial charge in [0.2, 0.25) is 11.8 Å². The Kier molecular flexibility index (Phi) is 28.9. The summed E-state index contributed by atoms with van der Waals surface area (Å²) >= 11 is 0. The summed E-state index contributed by atoms with van der Waals surface area (Å²) in [6.07, 6.45) is 28.2. The first kappa shape index (κ1) is 41.6. The molecule has 2 amide bonds. The van der Waals surface area contributed by atoms with Crippen LogP contribution in [0.5, 0.6) is 0 Å². The van der Waals surface area contributed by atoms with Crippen molar-refractivity contribution in [3.8, 4) is 0 Å². The third-order valence-corrected chi connectivity index (χ3v) is 7.76. The van der Waals surface area contributed by atoms with Crippen LogP contribution < -0.4 is 10.6 Å². The van der Waals surface area contributed by atoms with Crippen molar-refractivity contribution in [2.45, 2.75) is 174 Å². The molecule has 0 saturated carbocycles. The van der Waals surface area contributed by atoms with Gasteiger partial charge in [-0.15, -0.1) is 0 Å². The number of carboxylic acid groups (broad SMARTS) is 1. The van der Waals surface area contributed by atoms with E-state index in [4.69, 9.17) is 14.9 Å². The van der Waals surface area contributed by atoms with Gasteiger partial charge in [-0.2, -0.15) is 0 Å². The van der Waals surface area contributed by atoms with Gasteiger partial charge in [-0.3, -0.25) is 14.4 Å². The van der Waals surface area contributed by atoms with E-state index in [2.05, 4.69) is 36.6 Å². The van der Waals surface area contributed by atoms with Gasteiger partial charge in [0.15, 0.2) is 0 Å². The summed E-state index contributed by atoms with van der Waals surface area (Å²) in [5.41, 5.74) is 0. The van der Waals surface area contributed by atoms with Crippen molar-refractivity contribution in [1.29, 1.82) is 0 Å². The molecule has 4 N–H and O–H groups in total. The summed E-state index contributed by atoms with van der Waals surface area (Å²) in [4.78, 5) is 47.1. The van der Waals surface area contributed by atoms with E-state index in [1.165, 1.54) is 64.2 Å². The van der Waals surface area contributed by atoms with Crippen molar-refractivity contribution in [3.05, 3.63) is 12.2 Å². The maximum Gasteiger partial charge on any atom is 0.328 e. The number of carbonyl (C=O) groups is 4. The molecule has 2 atom stereocenters. The number of allylic oxidation sites excluding steroid dienone is 2. The van der Waals surface area contributed by atoms with E-state index in [0.29, 0.717) is 12.8 Å². The van der Waals surface area contributed by atoms with E-state index in [-0.39, 0.29) is 30.9 Å². The zero-order chi connectivity index (χ0) is 32.7. The Morgan fingerprint density at radius 1 is 0.659 bits per heavy atom. The molecule has 9 nitrogen and oxygen atoms in total. The molecule has 0 aliphatic heterocycles. The molecule has 0 spiro atoms. The molecule has 44 heavy (non-hydrogen) atoms. The first-order chi connectivity index (χ1) is 21.3. The summed E-state index contributed by atoms with van der Waals surface area (Å²) in [5.74, 6) is -2.34. The van der Waals surface area contributed by atoms with Gasteiger partial charge in [-0.05, 0) is 64.2 Å². The maximum absolute atomic E-state index is 12.6. The SMILES string of the molecule is CCCCC/C=C\CCCCCCCC(=O)OC(CCCCCCC)CCCCCCC(=O)NCC(=O)NC(CO)C(=O)O. The topological polar surface area (TPSA) is 142 Å². The molecule has 9 heteroatoms. The lowest BCUT2D eigenvalue weighted by Crippen LogP contribution is -2.47. The second kappa shape index (κ2) is 30.6. The Labute approximate surface area is 267 Å². The molecule has 0 aromatic heterocycles. The molecule has 0 radical (unpaired) electrons. The van der Waals surface area contributed by atoms with Crippen LogP contribution in [0.25, 0.3) is 0 Å². The number of aliphatic carboxylic acids is 1. The van der Waals surface area contributed by atoms with Gasteiger partial charge in [0.1, 0.15) is 12.1 Å². The zero-order valence-corrected chi connectivity index (χ0v) is 27.9. The van der Waals surface area contributed by atoms with Gasteiger partial charge in [0.25, 0.3) is 0 Å². The Balaban J connectivity index is 4.15. The van der Waals surface area contributed by atoms with E-state index in [1.807, 2.05) is 0 Å². The number of carboxylic acids is 1. The molecule has 0 fully saturated rings. The minimum atomic E-state index is -1.38. The quantitative estimate of drug-likeness (QED) is 0.0365. The number of esters is 1. The second-order valence-electron chi connectivity index (χ2n) is 12.0. The third kappa shape index (κ3) is 27.2. The standard InChI is InChI=1S/C35H64N2O7/c1-3-5-7-9-10-11-12-13-14-15-17-23-27-34(41)44-30(24-20-16-8-6-4-2)25-21-18-19-22-26-32(39)36-28-33(40)37-31(29-38)35(42)43/h10-11,30-31,38H,3-9,12-29H2,1-2H3,(H,36,39)(H,37,40)(H,42,43)/b11-10-. The van der Waals surface area contributed by atoms with Crippen LogP contribution >= 0.6 is 0 Å². The molecule has 0 saturated heterocycles. The highest BCUT2D eigenvalue weighted by molar-refractivity contribution is 5.87. The number of unbranched alkanes of at least 4 members (excludes halogenated alkanes) is 15. The predicted molar refractivity (Wildman–Crippen MR) is 176 cm³/mol. The third-order valence-electron chi connectivity index (χ3n) is 7.76.